The number of nitrogens with one attached hydrogen (secondary N) is 1. The van der Waals surface area contributed by atoms with Crippen molar-refractivity contribution in [3.63, 3.8) is 0 Å². The van der Waals surface area contributed by atoms with Gasteiger partial charge in [0.2, 0.25) is 0 Å². The SMILES string of the molecule is Cc1cc(-c2cc3c4cccc5c6ccccc6n(c3cc2Nc2ccccc2C)c54)c2c(c1)-n1c3ccccc3c3cccc(c31)[B]2. The number of fused-ring (bicyclic) bond motifs is 11. The van der Waals surface area contributed by atoms with Crippen LogP contribution in [0.1, 0.15) is 11.1 Å². The zero-order valence-electron chi connectivity index (χ0n) is 26.7. The fourth-order valence-corrected chi connectivity index (χ4v) is 8.56. The second kappa shape index (κ2) is 9.30. The molecule has 1 radical (unpaired) electrons. The summed E-state index contributed by atoms with van der Waals surface area (Å²) >= 11 is 0. The van der Waals surface area contributed by atoms with E-state index in [1.54, 1.807) is 0 Å². The number of aryl methyl sites for hydroxylation is 2. The Labute approximate surface area is 278 Å². The minimum Gasteiger partial charge on any atom is -0.355 e. The van der Waals surface area contributed by atoms with Crippen LogP contribution < -0.4 is 16.2 Å². The van der Waals surface area contributed by atoms with Crippen molar-refractivity contribution in [2.75, 3.05) is 5.32 Å². The molecule has 1 aliphatic heterocycles. The molecule has 10 aromatic rings. The van der Waals surface area contributed by atoms with Gasteiger partial charge in [0, 0.05) is 60.5 Å². The van der Waals surface area contributed by atoms with Crippen LogP contribution in [0.5, 0.6) is 0 Å². The van der Waals surface area contributed by atoms with Gasteiger partial charge in [0.1, 0.15) is 0 Å². The Morgan fingerprint density at radius 3 is 2.00 bits per heavy atom. The molecule has 1 aliphatic rings. The topological polar surface area (TPSA) is 21.4 Å². The molecule has 3 nitrogen and oxygen atoms in total. The zero-order valence-corrected chi connectivity index (χ0v) is 26.7. The number of anilines is 2. The predicted octanol–water partition coefficient (Wildman–Crippen LogP) is 9.93. The van der Waals surface area contributed by atoms with Gasteiger partial charge in [0.15, 0.2) is 7.28 Å². The van der Waals surface area contributed by atoms with Crippen LogP contribution in [-0.4, -0.2) is 16.2 Å². The number of hydrogen-bond acceptors (Lipinski definition) is 1. The minimum absolute atomic E-state index is 1.10. The predicted molar refractivity (Wildman–Crippen MR) is 205 cm³/mol. The molecule has 223 valence electrons. The first-order valence-electron chi connectivity index (χ1n) is 16.7. The molecule has 0 spiro atoms. The standard InChI is InChI=1S/C44H29BN3/c1-25-21-34(42-41(22-25)48-39-20-8-5-13-28(39)30-16-10-17-35(45-42)44(30)48)32-23-33-31-15-9-14-29-27-12-4-7-19-38(27)47(43(29)31)40(33)24-37(32)46-36-18-6-3-11-26(36)2/h3-24,46H,1-2H3. The molecule has 11 rings (SSSR count). The first kappa shape index (κ1) is 26.1. The maximum atomic E-state index is 3.92. The first-order chi connectivity index (χ1) is 23.6. The Hall–Kier alpha value is -6.00. The summed E-state index contributed by atoms with van der Waals surface area (Å²) in [6.07, 6.45) is 0. The monoisotopic (exact) mass is 610 g/mol. The highest BCUT2D eigenvalue weighted by Crippen LogP contribution is 2.44. The Morgan fingerprint density at radius 1 is 0.500 bits per heavy atom. The fourth-order valence-electron chi connectivity index (χ4n) is 8.56. The van der Waals surface area contributed by atoms with Crippen molar-refractivity contribution < 1.29 is 0 Å². The van der Waals surface area contributed by atoms with E-state index in [9.17, 15) is 0 Å². The minimum atomic E-state index is 1.10. The van der Waals surface area contributed by atoms with E-state index in [1.807, 2.05) is 0 Å². The van der Waals surface area contributed by atoms with Crippen LogP contribution >= 0.6 is 0 Å². The average Bonchev–Trinajstić information content (AvgIpc) is 3.75. The van der Waals surface area contributed by atoms with Crippen molar-refractivity contribution in [2.45, 2.75) is 13.8 Å². The number of para-hydroxylation sites is 5. The first-order valence-corrected chi connectivity index (χ1v) is 16.7. The largest absolute Gasteiger partial charge is 0.355 e. The van der Waals surface area contributed by atoms with Gasteiger partial charge >= 0.3 is 0 Å². The molecule has 7 aromatic carbocycles. The lowest BCUT2D eigenvalue weighted by molar-refractivity contribution is 1.18. The highest BCUT2D eigenvalue weighted by atomic mass is 15.0. The van der Waals surface area contributed by atoms with Gasteiger partial charge in [0.25, 0.3) is 0 Å². The molecule has 0 fully saturated rings. The highest BCUT2D eigenvalue weighted by Gasteiger charge is 2.27. The highest BCUT2D eigenvalue weighted by molar-refractivity contribution is 6.73. The van der Waals surface area contributed by atoms with Crippen LogP contribution in [0.15, 0.2) is 133 Å². The molecule has 0 bridgehead atoms. The number of aromatic nitrogens is 2. The van der Waals surface area contributed by atoms with Crippen LogP contribution in [-0.2, 0) is 0 Å². The van der Waals surface area contributed by atoms with Gasteiger partial charge in [-0.1, -0.05) is 103 Å². The Balaban J connectivity index is 1.26. The molecule has 48 heavy (non-hydrogen) atoms. The lowest BCUT2D eigenvalue weighted by atomic mass is 9.59. The smallest absolute Gasteiger partial charge is 0.197 e. The van der Waals surface area contributed by atoms with E-state index >= 15 is 0 Å². The molecule has 3 aromatic heterocycles. The third-order valence-corrected chi connectivity index (χ3v) is 10.6. The molecular formula is C44H29BN3. The third-order valence-electron chi connectivity index (χ3n) is 10.6. The van der Waals surface area contributed by atoms with Gasteiger partial charge in [-0.2, -0.15) is 0 Å². The van der Waals surface area contributed by atoms with E-state index in [0.717, 1.165) is 11.4 Å². The summed E-state index contributed by atoms with van der Waals surface area (Å²) in [6.45, 7) is 4.41. The zero-order chi connectivity index (χ0) is 31.7. The van der Waals surface area contributed by atoms with Gasteiger partial charge < -0.3 is 14.3 Å². The molecule has 0 aliphatic carbocycles. The molecule has 4 heteroatoms. The van der Waals surface area contributed by atoms with Crippen molar-refractivity contribution in [3.8, 4) is 16.8 Å². The molecule has 4 heterocycles. The van der Waals surface area contributed by atoms with Crippen LogP contribution in [0.3, 0.4) is 0 Å². The van der Waals surface area contributed by atoms with Crippen molar-refractivity contribution in [1.29, 1.82) is 0 Å². The molecular weight excluding hydrogens is 581 g/mol. The second-order valence-electron chi connectivity index (χ2n) is 13.4. The van der Waals surface area contributed by atoms with Gasteiger partial charge in [-0.3, -0.25) is 0 Å². The number of rotatable bonds is 3. The van der Waals surface area contributed by atoms with Gasteiger partial charge in [-0.25, -0.2) is 0 Å². The van der Waals surface area contributed by atoms with E-state index in [-0.39, 0.29) is 0 Å². The second-order valence-corrected chi connectivity index (χ2v) is 13.4. The van der Waals surface area contributed by atoms with Crippen molar-refractivity contribution in [2.24, 2.45) is 0 Å². The molecule has 0 saturated heterocycles. The molecule has 0 amide bonds. The summed E-state index contributed by atoms with van der Waals surface area (Å²) in [5.41, 5.74) is 17.1. The number of benzene rings is 7. The molecule has 0 unspecified atom stereocenters. The van der Waals surface area contributed by atoms with E-state index < -0.39 is 0 Å². The molecule has 0 atom stereocenters. The summed E-state index contributed by atoms with van der Waals surface area (Å²) in [6, 6.07) is 49.3. The Kier molecular flexibility index (Phi) is 5.06. The number of hydrogen-bond donors (Lipinski definition) is 1. The van der Waals surface area contributed by atoms with Gasteiger partial charge in [-0.05, 0) is 72.4 Å². The third kappa shape index (κ3) is 3.34. The molecule has 0 saturated carbocycles. The fraction of sp³-hybridized carbons (Fsp3) is 0.0455. The van der Waals surface area contributed by atoms with E-state index in [2.05, 4.69) is 169 Å². The van der Waals surface area contributed by atoms with E-state index in [1.165, 1.54) is 98.8 Å². The Bertz CT molecular complexity index is 2980. The normalized spacial score (nSPS) is 12.5. The summed E-state index contributed by atoms with van der Waals surface area (Å²) in [7, 11) is 2.41. The lowest BCUT2D eigenvalue weighted by Gasteiger charge is -2.25. The van der Waals surface area contributed by atoms with Crippen LogP contribution in [0.2, 0.25) is 0 Å². The van der Waals surface area contributed by atoms with Gasteiger partial charge in [0.05, 0.1) is 22.1 Å². The summed E-state index contributed by atoms with van der Waals surface area (Å²) in [4.78, 5) is 0. The van der Waals surface area contributed by atoms with Crippen molar-refractivity contribution >= 4 is 89.5 Å². The number of nitrogens with zero attached hydrogens (tertiary/aromatic N) is 2. The summed E-state index contributed by atoms with van der Waals surface area (Å²) in [5, 5.41) is 11.7. The molecule has 1 N–H and O–H groups in total. The maximum Gasteiger partial charge on any atom is 0.197 e. The van der Waals surface area contributed by atoms with Gasteiger partial charge in [-0.15, -0.1) is 0 Å². The van der Waals surface area contributed by atoms with E-state index in [4.69, 9.17) is 0 Å². The maximum absolute atomic E-state index is 3.92. The average molecular weight is 611 g/mol. The van der Waals surface area contributed by atoms with Crippen LogP contribution in [0.4, 0.5) is 11.4 Å². The van der Waals surface area contributed by atoms with Crippen LogP contribution in [0, 0.1) is 13.8 Å². The van der Waals surface area contributed by atoms with Crippen LogP contribution in [0.25, 0.3) is 76.7 Å². The van der Waals surface area contributed by atoms with Crippen molar-refractivity contribution in [1.82, 2.24) is 8.97 Å². The van der Waals surface area contributed by atoms with Crippen molar-refractivity contribution in [3.05, 3.63) is 145 Å². The quantitative estimate of drug-likeness (QED) is 0.198. The Morgan fingerprint density at radius 2 is 1.17 bits per heavy atom. The van der Waals surface area contributed by atoms with E-state index in [0.29, 0.717) is 0 Å². The summed E-state index contributed by atoms with van der Waals surface area (Å²) in [5.74, 6) is 0. The summed E-state index contributed by atoms with van der Waals surface area (Å²) < 4.78 is 4.96. The lowest BCUT2D eigenvalue weighted by Crippen LogP contribution is -2.37.